The second-order valence-electron chi connectivity index (χ2n) is 6.41. The van der Waals surface area contributed by atoms with Crippen LogP contribution in [0, 0.1) is 0 Å². The summed E-state index contributed by atoms with van der Waals surface area (Å²) in [6.45, 7) is 6.34. The average molecular weight is 262 g/mol. The molecule has 1 aromatic rings. The van der Waals surface area contributed by atoms with Gasteiger partial charge in [-0.05, 0) is 35.4 Å². The number of aliphatic carboxylic acids is 1. The number of methoxy groups -OCH3 is 1. The van der Waals surface area contributed by atoms with Gasteiger partial charge in [0.25, 0.3) is 0 Å². The molecule has 0 radical (unpaired) electrons. The van der Waals surface area contributed by atoms with Crippen LogP contribution in [0.4, 0.5) is 0 Å². The molecule has 0 bridgehead atoms. The van der Waals surface area contributed by atoms with Crippen molar-refractivity contribution in [1.29, 1.82) is 0 Å². The van der Waals surface area contributed by atoms with E-state index in [9.17, 15) is 9.90 Å². The standard InChI is InChI=1S/C16H22O3/c1-15(2,3)12-10-11(6-7-13(12)19-4)16(14(17)18)8-5-9-16/h6-7,10H,5,8-9H2,1-4H3,(H,17,18). The highest BCUT2D eigenvalue weighted by Crippen LogP contribution is 2.46. The van der Waals surface area contributed by atoms with Crippen LogP contribution in [-0.2, 0) is 15.6 Å². The highest BCUT2D eigenvalue weighted by atomic mass is 16.5. The Morgan fingerprint density at radius 3 is 2.32 bits per heavy atom. The van der Waals surface area contributed by atoms with Crippen molar-refractivity contribution in [3.8, 4) is 5.75 Å². The quantitative estimate of drug-likeness (QED) is 0.906. The Morgan fingerprint density at radius 2 is 1.95 bits per heavy atom. The van der Waals surface area contributed by atoms with E-state index in [1.165, 1.54) is 0 Å². The smallest absolute Gasteiger partial charge is 0.314 e. The van der Waals surface area contributed by atoms with Gasteiger partial charge in [0.2, 0.25) is 0 Å². The van der Waals surface area contributed by atoms with Crippen LogP contribution >= 0.6 is 0 Å². The second kappa shape index (κ2) is 4.55. The largest absolute Gasteiger partial charge is 0.496 e. The van der Waals surface area contributed by atoms with Crippen molar-refractivity contribution in [3.63, 3.8) is 0 Å². The zero-order valence-electron chi connectivity index (χ0n) is 12.1. The van der Waals surface area contributed by atoms with Crippen molar-refractivity contribution >= 4 is 5.97 Å². The minimum absolute atomic E-state index is 0.0647. The maximum atomic E-state index is 11.6. The SMILES string of the molecule is COc1ccc(C2(C(=O)O)CCC2)cc1C(C)(C)C. The van der Waals surface area contributed by atoms with Crippen LogP contribution in [0.25, 0.3) is 0 Å². The van der Waals surface area contributed by atoms with Gasteiger partial charge in [0, 0.05) is 0 Å². The van der Waals surface area contributed by atoms with Gasteiger partial charge >= 0.3 is 5.97 Å². The van der Waals surface area contributed by atoms with Crippen molar-refractivity contribution in [2.24, 2.45) is 0 Å². The number of ether oxygens (including phenoxy) is 1. The molecule has 1 aliphatic rings. The summed E-state index contributed by atoms with van der Waals surface area (Å²) in [7, 11) is 1.65. The lowest BCUT2D eigenvalue weighted by Crippen LogP contribution is -2.42. The lowest BCUT2D eigenvalue weighted by atomic mass is 9.64. The summed E-state index contributed by atoms with van der Waals surface area (Å²) < 4.78 is 5.40. The Kier molecular flexibility index (Phi) is 3.33. The predicted octanol–water partition coefficient (Wildman–Crippen LogP) is 3.50. The third-order valence-corrected chi connectivity index (χ3v) is 4.18. The van der Waals surface area contributed by atoms with E-state index in [4.69, 9.17) is 4.74 Å². The molecule has 1 saturated carbocycles. The van der Waals surface area contributed by atoms with Crippen LogP contribution in [0.3, 0.4) is 0 Å². The van der Waals surface area contributed by atoms with Gasteiger partial charge in [-0.15, -0.1) is 0 Å². The van der Waals surface area contributed by atoms with Crippen molar-refractivity contribution in [3.05, 3.63) is 29.3 Å². The molecule has 1 fully saturated rings. The van der Waals surface area contributed by atoms with E-state index in [2.05, 4.69) is 20.8 Å². The van der Waals surface area contributed by atoms with Crippen LogP contribution in [0.15, 0.2) is 18.2 Å². The first kappa shape index (κ1) is 13.9. The van der Waals surface area contributed by atoms with E-state index in [0.717, 1.165) is 36.1 Å². The molecule has 104 valence electrons. The summed E-state index contributed by atoms with van der Waals surface area (Å²) in [5, 5.41) is 9.53. The van der Waals surface area contributed by atoms with Gasteiger partial charge in [0.05, 0.1) is 12.5 Å². The van der Waals surface area contributed by atoms with Crippen LogP contribution in [0.2, 0.25) is 0 Å². The van der Waals surface area contributed by atoms with E-state index in [0.29, 0.717) is 0 Å². The van der Waals surface area contributed by atoms with E-state index in [1.807, 2.05) is 18.2 Å². The Hall–Kier alpha value is -1.51. The molecule has 0 unspecified atom stereocenters. The van der Waals surface area contributed by atoms with Crippen LogP contribution in [-0.4, -0.2) is 18.2 Å². The van der Waals surface area contributed by atoms with Gasteiger partial charge in [0.15, 0.2) is 0 Å². The van der Waals surface area contributed by atoms with Gasteiger partial charge in [-0.3, -0.25) is 4.79 Å². The fourth-order valence-electron chi connectivity index (χ4n) is 2.75. The average Bonchev–Trinajstić information content (AvgIpc) is 2.25. The highest BCUT2D eigenvalue weighted by Gasteiger charge is 2.46. The monoisotopic (exact) mass is 262 g/mol. The van der Waals surface area contributed by atoms with Gasteiger partial charge < -0.3 is 9.84 Å². The molecule has 0 heterocycles. The number of carboxylic acids is 1. The number of hydrogen-bond acceptors (Lipinski definition) is 2. The van der Waals surface area contributed by atoms with Crippen LogP contribution in [0.5, 0.6) is 5.75 Å². The Morgan fingerprint density at radius 1 is 1.32 bits per heavy atom. The van der Waals surface area contributed by atoms with Crippen LogP contribution in [0.1, 0.15) is 51.2 Å². The van der Waals surface area contributed by atoms with Gasteiger partial charge in [-0.1, -0.05) is 39.3 Å². The van der Waals surface area contributed by atoms with E-state index in [1.54, 1.807) is 7.11 Å². The predicted molar refractivity (Wildman–Crippen MR) is 74.9 cm³/mol. The maximum Gasteiger partial charge on any atom is 0.314 e. The van der Waals surface area contributed by atoms with Crippen molar-refractivity contribution < 1.29 is 14.6 Å². The van der Waals surface area contributed by atoms with Crippen LogP contribution < -0.4 is 4.74 Å². The molecule has 0 amide bonds. The lowest BCUT2D eigenvalue weighted by Gasteiger charge is -2.39. The molecule has 1 N–H and O–H groups in total. The zero-order chi connectivity index (χ0) is 14.3. The first-order valence-electron chi connectivity index (χ1n) is 6.74. The molecule has 0 spiro atoms. The molecular weight excluding hydrogens is 240 g/mol. The Bertz CT molecular complexity index is 493. The highest BCUT2D eigenvalue weighted by molar-refractivity contribution is 5.82. The number of carbonyl (C=O) groups is 1. The molecule has 19 heavy (non-hydrogen) atoms. The van der Waals surface area contributed by atoms with Crippen molar-refractivity contribution in [2.75, 3.05) is 7.11 Å². The molecule has 3 nitrogen and oxygen atoms in total. The minimum Gasteiger partial charge on any atom is -0.496 e. The fraction of sp³-hybridized carbons (Fsp3) is 0.562. The fourth-order valence-corrected chi connectivity index (χ4v) is 2.75. The summed E-state index contributed by atoms with van der Waals surface area (Å²) in [5.41, 5.74) is 1.24. The van der Waals surface area contributed by atoms with E-state index in [-0.39, 0.29) is 5.41 Å². The summed E-state index contributed by atoms with van der Waals surface area (Å²) in [6.07, 6.45) is 2.46. The molecule has 3 heteroatoms. The minimum atomic E-state index is -0.705. The molecule has 0 aromatic heterocycles. The first-order chi connectivity index (χ1) is 8.81. The number of rotatable bonds is 3. The molecule has 1 aromatic carbocycles. The maximum absolute atomic E-state index is 11.6. The summed E-state index contributed by atoms with van der Waals surface area (Å²) in [4.78, 5) is 11.6. The molecular formula is C16H22O3. The number of benzene rings is 1. The molecule has 0 atom stereocenters. The summed E-state index contributed by atoms with van der Waals surface area (Å²) in [6, 6.07) is 5.83. The lowest BCUT2D eigenvalue weighted by molar-refractivity contribution is -0.147. The molecule has 2 rings (SSSR count). The Balaban J connectivity index is 2.52. The third-order valence-electron chi connectivity index (χ3n) is 4.18. The van der Waals surface area contributed by atoms with Crippen molar-refractivity contribution in [2.45, 2.75) is 50.9 Å². The second-order valence-corrected chi connectivity index (χ2v) is 6.41. The Labute approximate surface area is 114 Å². The zero-order valence-corrected chi connectivity index (χ0v) is 12.1. The van der Waals surface area contributed by atoms with Gasteiger partial charge in [0.1, 0.15) is 5.75 Å². The number of carboxylic acid groups (broad SMARTS) is 1. The van der Waals surface area contributed by atoms with Crippen molar-refractivity contribution in [1.82, 2.24) is 0 Å². The topological polar surface area (TPSA) is 46.5 Å². The molecule has 0 saturated heterocycles. The van der Waals surface area contributed by atoms with Gasteiger partial charge in [-0.2, -0.15) is 0 Å². The third kappa shape index (κ3) is 2.22. The molecule has 1 aliphatic carbocycles. The summed E-state index contributed by atoms with van der Waals surface area (Å²) in [5.74, 6) is 0.125. The molecule has 0 aliphatic heterocycles. The van der Waals surface area contributed by atoms with Gasteiger partial charge in [-0.25, -0.2) is 0 Å². The first-order valence-corrected chi connectivity index (χ1v) is 6.74. The van der Waals surface area contributed by atoms with E-state index >= 15 is 0 Å². The summed E-state index contributed by atoms with van der Waals surface area (Å²) >= 11 is 0. The number of hydrogen-bond donors (Lipinski definition) is 1. The van der Waals surface area contributed by atoms with E-state index < -0.39 is 11.4 Å². The normalized spacial score (nSPS) is 17.7.